The first-order chi connectivity index (χ1) is 9.99. The molecule has 2 unspecified atom stereocenters. The number of ether oxygens (including phenoxy) is 1. The fourth-order valence-corrected chi connectivity index (χ4v) is 2.28. The van der Waals surface area contributed by atoms with Crippen LogP contribution in [0.2, 0.25) is 5.02 Å². The highest BCUT2D eigenvalue weighted by Gasteiger charge is 2.28. The first-order valence-corrected chi connectivity index (χ1v) is 6.96. The average Bonchev–Trinajstić information content (AvgIpc) is 2.48. The number of carbonyl (C=O) groups is 2. The zero-order chi connectivity index (χ0) is 15.4. The highest BCUT2D eigenvalue weighted by Crippen LogP contribution is 2.21. The molecule has 1 saturated heterocycles. The standard InChI is InChI=1S/C14H15ClFNO4/c15-9-5-4-8(7-10(9)16)12(14(19)20)17-13(18)11-3-1-2-6-21-11/h4-5,7,11-12H,1-3,6H2,(H,17,18)(H,19,20). The molecule has 7 heteroatoms. The lowest BCUT2D eigenvalue weighted by molar-refractivity contribution is -0.145. The minimum absolute atomic E-state index is 0.107. The van der Waals surface area contributed by atoms with E-state index in [1.54, 1.807) is 0 Å². The number of carboxylic acid groups (broad SMARTS) is 1. The van der Waals surface area contributed by atoms with E-state index in [1.165, 1.54) is 12.1 Å². The summed E-state index contributed by atoms with van der Waals surface area (Å²) < 4.78 is 18.7. The third kappa shape index (κ3) is 3.92. The van der Waals surface area contributed by atoms with Crippen LogP contribution in [0.15, 0.2) is 18.2 Å². The normalized spacial score (nSPS) is 19.8. The highest BCUT2D eigenvalue weighted by molar-refractivity contribution is 6.30. The largest absolute Gasteiger partial charge is 0.479 e. The smallest absolute Gasteiger partial charge is 0.330 e. The Kier molecular flexibility index (Phi) is 5.14. The topological polar surface area (TPSA) is 75.6 Å². The zero-order valence-electron chi connectivity index (χ0n) is 11.1. The van der Waals surface area contributed by atoms with E-state index in [0.717, 1.165) is 18.9 Å². The summed E-state index contributed by atoms with van der Waals surface area (Å²) in [6, 6.07) is 2.29. The molecule has 114 valence electrons. The van der Waals surface area contributed by atoms with Gasteiger partial charge in [-0.3, -0.25) is 4.79 Å². The third-order valence-electron chi connectivity index (χ3n) is 3.28. The lowest BCUT2D eigenvalue weighted by Gasteiger charge is -2.24. The summed E-state index contributed by atoms with van der Waals surface area (Å²) in [5.41, 5.74) is 0.119. The van der Waals surface area contributed by atoms with Gasteiger partial charge in [-0.05, 0) is 37.0 Å². The van der Waals surface area contributed by atoms with Crippen LogP contribution in [-0.4, -0.2) is 29.7 Å². The number of carbonyl (C=O) groups excluding carboxylic acids is 1. The number of carboxylic acids is 1. The third-order valence-corrected chi connectivity index (χ3v) is 3.59. The van der Waals surface area contributed by atoms with Gasteiger partial charge in [0, 0.05) is 6.61 Å². The van der Waals surface area contributed by atoms with Gasteiger partial charge in [0.15, 0.2) is 6.04 Å². The Labute approximate surface area is 126 Å². The van der Waals surface area contributed by atoms with Gasteiger partial charge in [0.05, 0.1) is 5.02 Å². The van der Waals surface area contributed by atoms with Crippen molar-refractivity contribution in [3.8, 4) is 0 Å². The molecule has 1 aliphatic heterocycles. The summed E-state index contributed by atoms with van der Waals surface area (Å²) in [5.74, 6) is -2.51. The zero-order valence-corrected chi connectivity index (χ0v) is 11.9. The second kappa shape index (κ2) is 6.87. The van der Waals surface area contributed by atoms with E-state index < -0.39 is 29.8 Å². The molecule has 2 rings (SSSR count). The molecule has 21 heavy (non-hydrogen) atoms. The number of hydrogen-bond donors (Lipinski definition) is 2. The van der Waals surface area contributed by atoms with Crippen molar-refractivity contribution < 1.29 is 23.8 Å². The molecule has 2 atom stereocenters. The second-order valence-corrected chi connectivity index (χ2v) is 5.22. The van der Waals surface area contributed by atoms with Crippen molar-refractivity contribution >= 4 is 23.5 Å². The molecule has 1 heterocycles. The molecule has 5 nitrogen and oxygen atoms in total. The predicted molar refractivity (Wildman–Crippen MR) is 73.5 cm³/mol. The van der Waals surface area contributed by atoms with E-state index in [9.17, 15) is 19.1 Å². The molecule has 1 aromatic rings. The summed E-state index contributed by atoms with van der Waals surface area (Å²) in [6.07, 6.45) is 1.63. The van der Waals surface area contributed by atoms with Crippen LogP contribution in [0.4, 0.5) is 4.39 Å². The molecule has 1 aromatic carbocycles. The van der Waals surface area contributed by atoms with E-state index >= 15 is 0 Å². The van der Waals surface area contributed by atoms with Crippen LogP contribution < -0.4 is 5.32 Å². The molecule has 1 aliphatic rings. The van der Waals surface area contributed by atoms with E-state index in [4.69, 9.17) is 16.3 Å². The Bertz CT molecular complexity index is 546. The van der Waals surface area contributed by atoms with Crippen LogP contribution >= 0.6 is 11.6 Å². The van der Waals surface area contributed by atoms with Crippen molar-refractivity contribution in [2.45, 2.75) is 31.4 Å². The van der Waals surface area contributed by atoms with Gasteiger partial charge in [0.25, 0.3) is 0 Å². The van der Waals surface area contributed by atoms with Gasteiger partial charge in [0.1, 0.15) is 11.9 Å². The molecule has 0 bridgehead atoms. The molecule has 0 aromatic heterocycles. The molecule has 0 aliphatic carbocycles. The summed E-state index contributed by atoms with van der Waals surface area (Å²) in [6.45, 7) is 0.478. The summed E-state index contributed by atoms with van der Waals surface area (Å²) >= 11 is 5.56. The number of hydrogen-bond acceptors (Lipinski definition) is 3. The van der Waals surface area contributed by atoms with Crippen molar-refractivity contribution in [2.75, 3.05) is 6.61 Å². The van der Waals surface area contributed by atoms with Gasteiger partial charge in [0.2, 0.25) is 5.91 Å². The van der Waals surface area contributed by atoms with Crippen molar-refractivity contribution in [2.24, 2.45) is 0 Å². The van der Waals surface area contributed by atoms with Crippen molar-refractivity contribution in [3.05, 3.63) is 34.6 Å². The van der Waals surface area contributed by atoms with Crippen LogP contribution in [0.25, 0.3) is 0 Å². The SMILES string of the molecule is O=C(NC(C(=O)O)c1ccc(Cl)c(F)c1)C1CCCCO1. The Morgan fingerprint density at radius 1 is 1.43 bits per heavy atom. The number of halogens is 2. The fourth-order valence-electron chi connectivity index (χ4n) is 2.16. The first kappa shape index (κ1) is 15.7. The molecular weight excluding hydrogens is 301 g/mol. The molecule has 0 radical (unpaired) electrons. The van der Waals surface area contributed by atoms with Crippen LogP contribution in [0.3, 0.4) is 0 Å². The summed E-state index contributed by atoms with van der Waals surface area (Å²) in [5, 5.41) is 11.5. The molecule has 1 fully saturated rings. The summed E-state index contributed by atoms with van der Waals surface area (Å²) in [4.78, 5) is 23.3. The fraction of sp³-hybridized carbons (Fsp3) is 0.429. The Balaban J connectivity index is 2.13. The Hall–Kier alpha value is -1.66. The van der Waals surface area contributed by atoms with Crippen LogP contribution in [0.5, 0.6) is 0 Å². The van der Waals surface area contributed by atoms with Gasteiger partial charge in [-0.25, -0.2) is 9.18 Å². The molecular formula is C14H15ClFNO4. The Morgan fingerprint density at radius 2 is 2.19 bits per heavy atom. The van der Waals surface area contributed by atoms with Gasteiger partial charge in [-0.15, -0.1) is 0 Å². The first-order valence-electron chi connectivity index (χ1n) is 6.59. The van der Waals surface area contributed by atoms with Crippen LogP contribution in [0.1, 0.15) is 30.9 Å². The van der Waals surface area contributed by atoms with E-state index in [-0.39, 0.29) is 10.6 Å². The molecule has 2 N–H and O–H groups in total. The van der Waals surface area contributed by atoms with Crippen molar-refractivity contribution in [1.29, 1.82) is 0 Å². The number of benzene rings is 1. The van der Waals surface area contributed by atoms with E-state index in [0.29, 0.717) is 13.0 Å². The average molecular weight is 316 g/mol. The maximum Gasteiger partial charge on any atom is 0.330 e. The van der Waals surface area contributed by atoms with Gasteiger partial charge in [-0.2, -0.15) is 0 Å². The quantitative estimate of drug-likeness (QED) is 0.894. The van der Waals surface area contributed by atoms with Crippen molar-refractivity contribution in [3.63, 3.8) is 0 Å². The lowest BCUT2D eigenvalue weighted by Crippen LogP contribution is -2.42. The Morgan fingerprint density at radius 3 is 2.76 bits per heavy atom. The minimum atomic E-state index is -1.34. The predicted octanol–water partition coefficient (Wildman–Crippen LogP) is 2.29. The maximum atomic E-state index is 13.4. The van der Waals surface area contributed by atoms with E-state index in [2.05, 4.69) is 5.32 Å². The number of aliphatic carboxylic acids is 1. The minimum Gasteiger partial charge on any atom is -0.479 e. The van der Waals surface area contributed by atoms with Gasteiger partial charge in [-0.1, -0.05) is 17.7 Å². The highest BCUT2D eigenvalue weighted by atomic mass is 35.5. The second-order valence-electron chi connectivity index (χ2n) is 4.81. The lowest BCUT2D eigenvalue weighted by atomic mass is 10.0. The number of rotatable bonds is 4. The molecule has 1 amide bonds. The van der Waals surface area contributed by atoms with Crippen LogP contribution in [0, 0.1) is 5.82 Å². The monoisotopic (exact) mass is 315 g/mol. The number of nitrogens with one attached hydrogen (secondary N) is 1. The van der Waals surface area contributed by atoms with Crippen LogP contribution in [-0.2, 0) is 14.3 Å². The summed E-state index contributed by atoms with van der Waals surface area (Å²) in [7, 11) is 0. The van der Waals surface area contributed by atoms with Gasteiger partial charge >= 0.3 is 5.97 Å². The molecule has 0 saturated carbocycles. The molecule has 0 spiro atoms. The van der Waals surface area contributed by atoms with Gasteiger partial charge < -0.3 is 15.2 Å². The van der Waals surface area contributed by atoms with Crippen molar-refractivity contribution in [1.82, 2.24) is 5.32 Å². The number of amides is 1. The van der Waals surface area contributed by atoms with E-state index in [1.807, 2.05) is 0 Å². The maximum absolute atomic E-state index is 13.4.